The van der Waals surface area contributed by atoms with Gasteiger partial charge in [-0.1, -0.05) is 87.9 Å². The molecule has 33 heavy (non-hydrogen) atoms. The first-order valence-corrected chi connectivity index (χ1v) is 11.9. The minimum Gasteiger partial charge on any atom is -0.505 e. The van der Waals surface area contributed by atoms with Crippen molar-refractivity contribution in [2.24, 2.45) is 11.8 Å². The molecule has 1 N–H and O–H groups in total. The average Bonchev–Trinajstić information content (AvgIpc) is 2.81. The molecule has 3 atom stereocenters. The zero-order valence-electron chi connectivity index (χ0n) is 19.9. The molecular weight excluding hydrogens is 412 g/mol. The number of aliphatic hydroxyl groups is 1. The summed E-state index contributed by atoms with van der Waals surface area (Å²) in [6, 6.07) is 20.2. The minimum atomic E-state index is -0.761. The van der Waals surface area contributed by atoms with E-state index in [1.165, 1.54) is 5.56 Å². The van der Waals surface area contributed by atoms with E-state index in [1.54, 1.807) is 0 Å². The van der Waals surface area contributed by atoms with Gasteiger partial charge in [-0.15, -0.1) is 0 Å². The second kappa shape index (κ2) is 11.1. The molecule has 0 aromatic heterocycles. The van der Waals surface area contributed by atoms with Gasteiger partial charge in [0.05, 0.1) is 0 Å². The van der Waals surface area contributed by atoms with Crippen molar-refractivity contribution < 1.29 is 14.6 Å². The van der Waals surface area contributed by atoms with Gasteiger partial charge in [0.2, 0.25) is 5.39 Å². The first kappa shape index (κ1) is 24.5. The SMILES string of the molecule is C[C@@H]1CC[C@@H](C(C)(C)c2ccccc2)[C@H](OC(=O)/C([N+]#N)=C(\O)CCCc2ccccc2)C1. The Kier molecular flexibility index (Phi) is 8.27. The van der Waals surface area contributed by atoms with Gasteiger partial charge in [-0.25, -0.2) is 4.79 Å². The number of carbonyl (C=O) groups is 1. The van der Waals surface area contributed by atoms with Crippen LogP contribution in [0.25, 0.3) is 4.98 Å². The molecule has 0 aliphatic heterocycles. The van der Waals surface area contributed by atoms with Gasteiger partial charge in [0.25, 0.3) is 0 Å². The Labute approximate surface area is 197 Å². The molecule has 5 nitrogen and oxygen atoms in total. The quantitative estimate of drug-likeness (QED) is 0.205. The highest BCUT2D eigenvalue weighted by molar-refractivity contribution is 5.90. The van der Waals surface area contributed by atoms with Gasteiger partial charge in [-0.3, -0.25) is 0 Å². The van der Waals surface area contributed by atoms with Crippen LogP contribution < -0.4 is 0 Å². The lowest BCUT2D eigenvalue weighted by molar-refractivity contribution is -0.151. The number of hydrogen-bond donors (Lipinski definition) is 1. The molecule has 1 fully saturated rings. The number of rotatable bonds is 8. The lowest BCUT2D eigenvalue weighted by Crippen LogP contribution is -2.43. The Morgan fingerprint density at radius 1 is 1.09 bits per heavy atom. The minimum absolute atomic E-state index is 0.125. The Morgan fingerprint density at radius 2 is 1.73 bits per heavy atom. The second-order valence-electron chi connectivity index (χ2n) is 9.79. The first-order chi connectivity index (χ1) is 15.8. The molecule has 1 aliphatic rings. The maximum atomic E-state index is 12.9. The summed E-state index contributed by atoms with van der Waals surface area (Å²) in [4.78, 5) is 16.0. The van der Waals surface area contributed by atoms with Crippen LogP contribution >= 0.6 is 0 Å². The van der Waals surface area contributed by atoms with Crippen LogP contribution in [0.4, 0.5) is 0 Å². The number of carbonyl (C=O) groups excluding carboxylic acids is 1. The van der Waals surface area contributed by atoms with Crippen molar-refractivity contribution in [3.8, 4) is 0 Å². The topological polar surface area (TPSA) is 74.7 Å². The normalized spacial score (nSPS) is 21.6. The molecule has 1 saturated carbocycles. The zero-order chi connectivity index (χ0) is 23.8. The predicted molar refractivity (Wildman–Crippen MR) is 130 cm³/mol. The lowest BCUT2D eigenvalue weighted by Gasteiger charge is -2.43. The summed E-state index contributed by atoms with van der Waals surface area (Å²) < 4.78 is 5.91. The largest absolute Gasteiger partial charge is 0.505 e. The van der Waals surface area contributed by atoms with Gasteiger partial charge in [-0.05, 0) is 48.1 Å². The van der Waals surface area contributed by atoms with Gasteiger partial charge in [0.1, 0.15) is 6.10 Å². The summed E-state index contributed by atoms with van der Waals surface area (Å²) in [5, 5.41) is 19.9. The van der Waals surface area contributed by atoms with Gasteiger partial charge in [-0.2, -0.15) is 0 Å². The van der Waals surface area contributed by atoms with Gasteiger partial charge < -0.3 is 9.84 Å². The van der Waals surface area contributed by atoms with E-state index in [4.69, 9.17) is 4.74 Å². The van der Waals surface area contributed by atoms with Crippen molar-refractivity contribution >= 4 is 5.97 Å². The van der Waals surface area contributed by atoms with E-state index >= 15 is 0 Å². The van der Waals surface area contributed by atoms with Crippen LogP contribution in [-0.4, -0.2) is 17.2 Å². The molecule has 2 aromatic carbocycles. The van der Waals surface area contributed by atoms with Crippen LogP contribution in [0.2, 0.25) is 0 Å². The van der Waals surface area contributed by atoms with Crippen LogP contribution in [0, 0.1) is 17.2 Å². The van der Waals surface area contributed by atoms with Gasteiger partial charge >= 0.3 is 11.7 Å². The van der Waals surface area contributed by atoms with Crippen LogP contribution in [0.1, 0.15) is 64.0 Å². The van der Waals surface area contributed by atoms with Crippen LogP contribution in [0.15, 0.2) is 72.1 Å². The average molecular weight is 448 g/mol. The number of aryl methyl sites for hydroxylation is 1. The Hall–Kier alpha value is -3.13. The molecule has 0 unspecified atom stereocenters. The third-order valence-corrected chi connectivity index (χ3v) is 7.05. The molecule has 0 saturated heterocycles. The number of nitrogens with zero attached hydrogens (tertiary/aromatic N) is 2. The zero-order valence-corrected chi connectivity index (χ0v) is 19.9. The summed E-state index contributed by atoms with van der Waals surface area (Å²) in [5.74, 6) is -0.437. The molecule has 0 spiro atoms. The van der Waals surface area contributed by atoms with Crippen LogP contribution in [-0.2, 0) is 21.4 Å². The highest BCUT2D eigenvalue weighted by Crippen LogP contribution is 2.43. The highest BCUT2D eigenvalue weighted by atomic mass is 16.5. The van der Waals surface area contributed by atoms with E-state index in [0.29, 0.717) is 12.3 Å². The van der Waals surface area contributed by atoms with E-state index in [9.17, 15) is 15.3 Å². The number of allylic oxidation sites excluding steroid dienone is 1. The van der Waals surface area contributed by atoms with Crippen LogP contribution in [0.3, 0.4) is 0 Å². The molecule has 0 amide bonds. The van der Waals surface area contributed by atoms with Crippen LogP contribution in [0.5, 0.6) is 0 Å². The van der Waals surface area contributed by atoms with Gasteiger partial charge in [0.15, 0.2) is 10.7 Å². The molecular formula is C28H35N2O3+. The molecule has 0 radical (unpaired) electrons. The molecule has 0 heterocycles. The fourth-order valence-electron chi connectivity index (χ4n) is 5.00. The molecule has 0 bridgehead atoms. The maximum Gasteiger partial charge on any atom is 0.505 e. The lowest BCUT2D eigenvalue weighted by atomic mass is 9.64. The van der Waals surface area contributed by atoms with Crippen molar-refractivity contribution in [1.82, 2.24) is 0 Å². The van der Waals surface area contributed by atoms with E-state index in [1.807, 2.05) is 48.5 Å². The summed E-state index contributed by atoms with van der Waals surface area (Å²) in [6.07, 6.45) is 4.08. The monoisotopic (exact) mass is 447 g/mol. The molecule has 3 rings (SSSR count). The number of esters is 1. The third kappa shape index (κ3) is 6.22. The van der Waals surface area contributed by atoms with E-state index in [0.717, 1.165) is 31.2 Å². The number of diazo groups is 1. The van der Waals surface area contributed by atoms with Crippen molar-refractivity contribution in [3.63, 3.8) is 0 Å². The molecule has 174 valence electrons. The highest BCUT2D eigenvalue weighted by Gasteiger charge is 2.44. The predicted octanol–water partition coefficient (Wildman–Crippen LogP) is 6.96. The second-order valence-corrected chi connectivity index (χ2v) is 9.79. The summed E-state index contributed by atoms with van der Waals surface area (Å²) in [7, 11) is 0. The number of benzene rings is 2. The Balaban J connectivity index is 1.71. The maximum absolute atomic E-state index is 12.9. The molecule has 5 heteroatoms. The molecule has 2 aromatic rings. The molecule has 1 aliphatic carbocycles. The third-order valence-electron chi connectivity index (χ3n) is 7.05. The Morgan fingerprint density at radius 3 is 2.36 bits per heavy atom. The standard InChI is InChI=1S/C28H34N2O3/c1-20-17-18-23(28(2,3)22-14-8-5-9-15-22)25(19-20)33-27(32)26(30-29)24(31)16-10-13-21-11-6-4-7-12-21/h4-9,11-12,14-15,20,23,25H,10,13,16-19H2,1-3H3/p+1/t20-,23-,25-/m1/s1. The fraction of sp³-hybridized carbons (Fsp3) is 0.464. The fourth-order valence-corrected chi connectivity index (χ4v) is 5.00. The van der Waals surface area contributed by atoms with E-state index < -0.39 is 11.7 Å². The van der Waals surface area contributed by atoms with E-state index in [2.05, 4.69) is 37.9 Å². The van der Waals surface area contributed by atoms with Gasteiger partial charge in [0, 0.05) is 12.3 Å². The van der Waals surface area contributed by atoms with Crippen molar-refractivity contribution in [3.05, 3.63) is 88.2 Å². The van der Waals surface area contributed by atoms with E-state index in [-0.39, 0.29) is 29.6 Å². The number of hydrogen-bond acceptors (Lipinski definition) is 4. The first-order valence-electron chi connectivity index (χ1n) is 11.9. The number of ether oxygens (including phenoxy) is 1. The number of aliphatic hydroxyl groups excluding tert-OH is 1. The van der Waals surface area contributed by atoms with Crippen molar-refractivity contribution in [2.75, 3.05) is 0 Å². The van der Waals surface area contributed by atoms with Crippen molar-refractivity contribution in [2.45, 2.75) is 70.8 Å². The summed E-state index contributed by atoms with van der Waals surface area (Å²) in [6.45, 7) is 6.55. The summed E-state index contributed by atoms with van der Waals surface area (Å²) in [5.41, 5.74) is 1.77. The smallest absolute Gasteiger partial charge is 0.505 e. The Bertz CT molecular complexity index is 993. The van der Waals surface area contributed by atoms with Crippen molar-refractivity contribution in [1.29, 1.82) is 5.39 Å². The summed E-state index contributed by atoms with van der Waals surface area (Å²) >= 11 is 0.